The van der Waals surface area contributed by atoms with E-state index in [0.29, 0.717) is 18.7 Å². The van der Waals surface area contributed by atoms with Gasteiger partial charge in [0.1, 0.15) is 10.6 Å². The average Bonchev–Trinajstić information content (AvgIpc) is 3.08. The Morgan fingerprint density at radius 1 is 1.43 bits per heavy atom. The van der Waals surface area contributed by atoms with Crippen molar-refractivity contribution in [2.75, 3.05) is 19.4 Å². The van der Waals surface area contributed by atoms with Crippen LogP contribution in [0.2, 0.25) is 0 Å². The number of hydrogen-bond donors (Lipinski definition) is 1. The van der Waals surface area contributed by atoms with Crippen LogP contribution in [0.15, 0.2) is 34.4 Å². The van der Waals surface area contributed by atoms with E-state index in [4.69, 9.17) is 4.74 Å². The number of sulfonamides is 1. The molecule has 8 heteroatoms. The van der Waals surface area contributed by atoms with E-state index in [1.165, 1.54) is 7.11 Å². The van der Waals surface area contributed by atoms with Crippen molar-refractivity contribution in [1.82, 2.24) is 14.3 Å². The van der Waals surface area contributed by atoms with Gasteiger partial charge in [0.15, 0.2) is 5.16 Å². The number of ether oxygens (including phenoxy) is 1. The van der Waals surface area contributed by atoms with Crippen LogP contribution in [-0.2, 0) is 23.0 Å². The zero-order valence-electron chi connectivity index (χ0n) is 13.1. The molecule has 0 fully saturated rings. The fourth-order valence-electron chi connectivity index (χ4n) is 2.47. The second kappa shape index (κ2) is 6.54. The van der Waals surface area contributed by atoms with Crippen LogP contribution in [0, 0.1) is 6.92 Å². The molecule has 0 atom stereocenters. The van der Waals surface area contributed by atoms with Gasteiger partial charge in [0.2, 0.25) is 10.0 Å². The molecular weight excluding hydrogens is 334 g/mol. The van der Waals surface area contributed by atoms with Gasteiger partial charge >= 0.3 is 0 Å². The van der Waals surface area contributed by atoms with Crippen LogP contribution in [0.4, 0.5) is 0 Å². The molecule has 0 radical (unpaired) electrons. The second-order valence-electron chi connectivity index (χ2n) is 5.36. The van der Waals surface area contributed by atoms with Crippen LogP contribution in [0.25, 0.3) is 0 Å². The van der Waals surface area contributed by atoms with Gasteiger partial charge in [-0.3, -0.25) is 0 Å². The van der Waals surface area contributed by atoms with E-state index in [1.807, 2.05) is 19.2 Å². The monoisotopic (exact) mass is 353 g/mol. The molecule has 0 bridgehead atoms. The predicted molar refractivity (Wildman–Crippen MR) is 89.6 cm³/mol. The normalized spacial score (nSPS) is 14.0. The first kappa shape index (κ1) is 16.4. The van der Waals surface area contributed by atoms with Crippen molar-refractivity contribution in [3.8, 4) is 5.75 Å². The molecule has 1 aromatic carbocycles. The molecule has 1 N–H and O–H groups in total. The lowest BCUT2D eigenvalue weighted by Gasteiger charge is -2.11. The molecule has 2 aromatic rings. The summed E-state index contributed by atoms with van der Waals surface area (Å²) >= 11 is 1.73. The first-order valence-corrected chi connectivity index (χ1v) is 9.79. The maximum absolute atomic E-state index is 12.5. The zero-order chi connectivity index (χ0) is 16.4. The van der Waals surface area contributed by atoms with Crippen LogP contribution in [0.1, 0.15) is 11.3 Å². The molecule has 124 valence electrons. The van der Waals surface area contributed by atoms with Crippen molar-refractivity contribution in [2.45, 2.75) is 29.9 Å². The molecule has 1 aromatic heterocycles. The molecule has 23 heavy (non-hydrogen) atoms. The maximum atomic E-state index is 12.5. The van der Waals surface area contributed by atoms with E-state index in [-0.39, 0.29) is 4.90 Å². The number of rotatable bonds is 6. The van der Waals surface area contributed by atoms with Crippen molar-refractivity contribution in [3.05, 3.63) is 35.7 Å². The second-order valence-corrected chi connectivity index (χ2v) is 8.16. The van der Waals surface area contributed by atoms with Gasteiger partial charge in [-0.25, -0.2) is 18.1 Å². The highest BCUT2D eigenvalue weighted by molar-refractivity contribution is 7.99. The molecule has 2 heterocycles. The highest BCUT2D eigenvalue weighted by atomic mass is 32.2. The number of fused-ring (bicyclic) bond motifs is 1. The maximum Gasteiger partial charge on any atom is 0.244 e. The summed E-state index contributed by atoms with van der Waals surface area (Å²) in [4.78, 5) is 4.67. The Kier molecular flexibility index (Phi) is 4.65. The van der Waals surface area contributed by atoms with Crippen molar-refractivity contribution in [1.29, 1.82) is 0 Å². The first-order chi connectivity index (χ1) is 11.0. The third-order valence-corrected chi connectivity index (χ3v) is 6.09. The molecule has 1 aliphatic heterocycles. The van der Waals surface area contributed by atoms with Crippen LogP contribution in [0.3, 0.4) is 0 Å². The van der Waals surface area contributed by atoms with Crippen LogP contribution < -0.4 is 9.46 Å². The molecule has 6 nitrogen and oxygen atoms in total. The van der Waals surface area contributed by atoms with Gasteiger partial charge in [-0.15, -0.1) is 0 Å². The quantitative estimate of drug-likeness (QED) is 0.858. The number of thioether (sulfide) groups is 1. The van der Waals surface area contributed by atoms with Crippen molar-refractivity contribution in [3.63, 3.8) is 0 Å². The number of methoxy groups -OCH3 is 1. The lowest BCUT2D eigenvalue weighted by Crippen LogP contribution is -2.26. The summed E-state index contributed by atoms with van der Waals surface area (Å²) in [5.41, 5.74) is 1.78. The third kappa shape index (κ3) is 3.54. The highest BCUT2D eigenvalue weighted by Crippen LogP contribution is 2.25. The molecule has 3 rings (SSSR count). The summed E-state index contributed by atoms with van der Waals surface area (Å²) in [5, 5.41) is 1.02. The van der Waals surface area contributed by atoms with Crippen molar-refractivity contribution < 1.29 is 13.2 Å². The molecule has 0 saturated carbocycles. The van der Waals surface area contributed by atoms with Gasteiger partial charge in [0, 0.05) is 31.5 Å². The van der Waals surface area contributed by atoms with Crippen molar-refractivity contribution >= 4 is 21.8 Å². The Hall–Kier alpha value is -1.51. The molecular formula is C15H19N3O3S2. The van der Waals surface area contributed by atoms with E-state index in [2.05, 4.69) is 14.3 Å². The first-order valence-electron chi connectivity index (χ1n) is 7.33. The zero-order valence-corrected chi connectivity index (χ0v) is 14.7. The fraction of sp³-hybridized carbons (Fsp3) is 0.400. The van der Waals surface area contributed by atoms with Crippen LogP contribution in [0.5, 0.6) is 5.75 Å². The molecule has 0 aliphatic carbocycles. The number of nitrogens with zero attached hydrogens (tertiary/aromatic N) is 2. The number of nitrogens with one attached hydrogen (secondary N) is 1. The Balaban J connectivity index is 1.68. The Morgan fingerprint density at radius 2 is 2.26 bits per heavy atom. The summed E-state index contributed by atoms with van der Waals surface area (Å²) < 4.78 is 34.8. The van der Waals surface area contributed by atoms with E-state index in [1.54, 1.807) is 23.9 Å². The summed E-state index contributed by atoms with van der Waals surface area (Å²) in [7, 11) is -2.14. The van der Waals surface area contributed by atoms with Gasteiger partial charge in [-0.2, -0.15) is 0 Å². The largest absolute Gasteiger partial charge is 0.495 e. The van der Waals surface area contributed by atoms with Gasteiger partial charge < -0.3 is 9.30 Å². The SMILES string of the molecule is COc1ccc(C)cc1S(=O)(=O)NCCc1cn2c(n1)SCC2. The summed E-state index contributed by atoms with van der Waals surface area (Å²) in [5.74, 6) is 1.41. The standard InChI is InChI=1S/C15H19N3O3S2/c1-11-3-4-13(21-2)14(9-11)23(19,20)16-6-5-12-10-18-7-8-22-15(18)17-12/h3-4,9-10,16H,5-8H2,1-2H3. The summed E-state index contributed by atoms with van der Waals surface area (Å²) in [6, 6.07) is 5.10. The van der Waals surface area contributed by atoms with Gasteiger partial charge in [0.05, 0.1) is 12.8 Å². The van der Waals surface area contributed by atoms with E-state index >= 15 is 0 Å². The Labute approximate surface area is 140 Å². The number of aryl methyl sites for hydroxylation is 2. The van der Waals surface area contributed by atoms with Crippen LogP contribution >= 0.6 is 11.8 Å². The van der Waals surface area contributed by atoms with Gasteiger partial charge in [-0.1, -0.05) is 17.8 Å². The lowest BCUT2D eigenvalue weighted by molar-refractivity contribution is 0.402. The minimum Gasteiger partial charge on any atom is -0.495 e. The van der Waals surface area contributed by atoms with Crippen LogP contribution in [-0.4, -0.2) is 37.4 Å². The molecule has 1 aliphatic rings. The number of imidazole rings is 1. The van der Waals surface area contributed by atoms with Gasteiger partial charge in [0.25, 0.3) is 0 Å². The van der Waals surface area contributed by atoms with E-state index in [0.717, 1.165) is 28.7 Å². The Morgan fingerprint density at radius 3 is 3.00 bits per heavy atom. The topological polar surface area (TPSA) is 73.2 Å². The summed E-state index contributed by atoms with van der Waals surface area (Å²) in [6.45, 7) is 3.13. The molecule has 0 saturated heterocycles. The molecule has 0 amide bonds. The molecule has 0 spiro atoms. The smallest absolute Gasteiger partial charge is 0.244 e. The number of hydrogen-bond acceptors (Lipinski definition) is 5. The third-order valence-electron chi connectivity index (χ3n) is 3.64. The Bertz CT molecular complexity index is 794. The number of benzene rings is 1. The minimum absolute atomic E-state index is 0.169. The average molecular weight is 353 g/mol. The highest BCUT2D eigenvalue weighted by Gasteiger charge is 2.20. The minimum atomic E-state index is -3.61. The fourth-order valence-corrected chi connectivity index (χ4v) is 4.71. The van der Waals surface area contributed by atoms with Gasteiger partial charge in [-0.05, 0) is 24.6 Å². The summed E-state index contributed by atoms with van der Waals surface area (Å²) in [6.07, 6.45) is 2.56. The van der Waals surface area contributed by atoms with E-state index < -0.39 is 10.0 Å². The van der Waals surface area contributed by atoms with Crippen molar-refractivity contribution in [2.24, 2.45) is 0 Å². The lowest BCUT2D eigenvalue weighted by atomic mass is 10.2. The van der Waals surface area contributed by atoms with E-state index in [9.17, 15) is 8.42 Å². The number of aromatic nitrogens is 2. The predicted octanol–water partition coefficient (Wildman–Crippen LogP) is 1.83. The molecule has 0 unspecified atom stereocenters.